The first-order chi connectivity index (χ1) is 8.15. The average Bonchev–Trinajstić information content (AvgIpc) is 2.32. The highest BCUT2D eigenvalue weighted by Crippen LogP contribution is 2.01. The van der Waals surface area contributed by atoms with Crippen LogP contribution in [-0.2, 0) is 6.54 Å². The van der Waals surface area contributed by atoms with Gasteiger partial charge in [0.25, 0.3) is 0 Å². The number of carboxylic acid groups (broad SMARTS) is 1. The molecule has 0 aliphatic carbocycles. The predicted octanol–water partition coefficient (Wildman–Crippen LogP) is 0.990. The zero-order valence-electron chi connectivity index (χ0n) is 8.91. The summed E-state index contributed by atoms with van der Waals surface area (Å²) in [5, 5.41) is 8.80. The average molecular weight is 230 g/mol. The largest absolute Gasteiger partial charge is 0.477 e. The lowest BCUT2D eigenvalue weighted by Crippen LogP contribution is -2.08. The van der Waals surface area contributed by atoms with Gasteiger partial charge in [0.1, 0.15) is 5.69 Å². The molecule has 0 bridgehead atoms. The van der Waals surface area contributed by atoms with Crippen LogP contribution in [0.4, 0.5) is 0 Å². The number of nitrogens with zero attached hydrogens (tertiary/aromatic N) is 2. The van der Waals surface area contributed by atoms with Gasteiger partial charge in [-0.2, -0.15) is 0 Å². The van der Waals surface area contributed by atoms with Gasteiger partial charge in [-0.25, -0.2) is 9.78 Å². The molecule has 2 aromatic heterocycles. The van der Waals surface area contributed by atoms with E-state index in [0.29, 0.717) is 12.2 Å². The van der Waals surface area contributed by atoms with Crippen molar-refractivity contribution in [3.05, 3.63) is 64.3 Å². The number of hydrogen-bond donors (Lipinski definition) is 1. The van der Waals surface area contributed by atoms with Crippen molar-refractivity contribution in [1.29, 1.82) is 0 Å². The number of hydrogen-bond acceptors (Lipinski definition) is 3. The van der Waals surface area contributed by atoms with Gasteiger partial charge >= 0.3 is 5.97 Å². The highest BCUT2D eigenvalue weighted by molar-refractivity contribution is 5.85. The summed E-state index contributed by atoms with van der Waals surface area (Å²) in [5.74, 6) is -1.05. The topological polar surface area (TPSA) is 72.2 Å². The number of carbonyl (C=O) groups is 1. The van der Waals surface area contributed by atoms with E-state index in [1.165, 1.54) is 18.2 Å². The maximum atomic E-state index is 10.9. The van der Waals surface area contributed by atoms with Gasteiger partial charge in [-0.3, -0.25) is 4.79 Å². The third kappa shape index (κ3) is 2.78. The van der Waals surface area contributed by atoms with Gasteiger partial charge in [0.05, 0.1) is 12.2 Å². The minimum absolute atomic E-state index is 0.0172. The molecule has 0 unspecified atom stereocenters. The zero-order chi connectivity index (χ0) is 12.3. The van der Waals surface area contributed by atoms with Gasteiger partial charge in [0.2, 0.25) is 0 Å². The summed E-state index contributed by atoms with van der Waals surface area (Å²) in [4.78, 5) is 25.6. The van der Waals surface area contributed by atoms with Crippen molar-refractivity contribution in [2.75, 3.05) is 0 Å². The molecular formula is C12H10N2O3. The number of pyridine rings is 2. The molecule has 0 spiro atoms. The number of aromatic carboxylic acids is 1. The van der Waals surface area contributed by atoms with E-state index in [9.17, 15) is 9.59 Å². The van der Waals surface area contributed by atoms with Crippen molar-refractivity contribution >= 4 is 5.97 Å². The van der Waals surface area contributed by atoms with Crippen molar-refractivity contribution in [3.63, 3.8) is 0 Å². The van der Waals surface area contributed by atoms with Crippen molar-refractivity contribution in [1.82, 2.24) is 9.55 Å². The Balaban J connectivity index is 2.24. The van der Waals surface area contributed by atoms with E-state index in [1.54, 1.807) is 29.1 Å². The van der Waals surface area contributed by atoms with Gasteiger partial charge in [-0.15, -0.1) is 0 Å². The Labute approximate surface area is 97.0 Å². The third-order valence-corrected chi connectivity index (χ3v) is 2.23. The molecule has 0 aliphatic heterocycles. The van der Waals surface area contributed by atoms with Gasteiger partial charge in [-0.1, -0.05) is 6.07 Å². The SMILES string of the molecule is O=C(O)c1cccc(Cn2ccc(=O)cc2)n1. The summed E-state index contributed by atoms with van der Waals surface area (Å²) < 4.78 is 1.76. The summed E-state index contributed by atoms with van der Waals surface area (Å²) in [6.45, 7) is 0.432. The molecule has 86 valence electrons. The summed E-state index contributed by atoms with van der Waals surface area (Å²) in [6, 6.07) is 7.72. The lowest BCUT2D eigenvalue weighted by Gasteiger charge is -2.05. The van der Waals surface area contributed by atoms with Crippen molar-refractivity contribution < 1.29 is 9.90 Å². The molecule has 0 atom stereocenters. The second-order valence-electron chi connectivity index (χ2n) is 3.53. The Bertz CT molecular complexity index is 584. The standard InChI is InChI=1S/C12H10N2O3/c15-10-4-6-14(7-5-10)8-9-2-1-3-11(13-9)12(16)17/h1-7H,8H2,(H,16,17). The van der Waals surface area contributed by atoms with Crippen molar-refractivity contribution in [2.24, 2.45) is 0 Å². The molecular weight excluding hydrogens is 220 g/mol. The molecule has 1 N–H and O–H groups in total. The molecule has 0 aromatic carbocycles. The maximum absolute atomic E-state index is 10.9. The maximum Gasteiger partial charge on any atom is 0.354 e. The molecule has 0 aliphatic rings. The van der Waals surface area contributed by atoms with Crippen LogP contribution in [0.2, 0.25) is 0 Å². The van der Waals surface area contributed by atoms with Crippen LogP contribution in [0.15, 0.2) is 47.5 Å². The molecule has 0 radical (unpaired) electrons. The molecule has 0 amide bonds. The van der Waals surface area contributed by atoms with Crippen molar-refractivity contribution in [3.8, 4) is 0 Å². The summed E-state index contributed by atoms with van der Waals surface area (Å²) in [5.41, 5.74) is 0.589. The fourth-order valence-electron chi connectivity index (χ4n) is 1.42. The highest BCUT2D eigenvalue weighted by atomic mass is 16.4. The molecule has 17 heavy (non-hydrogen) atoms. The number of carboxylic acids is 1. The smallest absolute Gasteiger partial charge is 0.354 e. The van der Waals surface area contributed by atoms with Crippen LogP contribution >= 0.6 is 0 Å². The van der Waals surface area contributed by atoms with Crippen LogP contribution in [0.25, 0.3) is 0 Å². The van der Waals surface area contributed by atoms with Gasteiger partial charge in [0, 0.05) is 24.5 Å². The second kappa shape index (κ2) is 4.61. The Morgan fingerprint density at radius 3 is 2.59 bits per heavy atom. The molecule has 0 fully saturated rings. The van der Waals surface area contributed by atoms with Gasteiger partial charge in [-0.05, 0) is 12.1 Å². The van der Waals surface area contributed by atoms with Crippen LogP contribution in [0.3, 0.4) is 0 Å². The number of rotatable bonds is 3. The highest BCUT2D eigenvalue weighted by Gasteiger charge is 2.04. The van der Waals surface area contributed by atoms with E-state index in [0.717, 1.165) is 0 Å². The number of aromatic nitrogens is 2. The first-order valence-corrected chi connectivity index (χ1v) is 5.00. The van der Waals surface area contributed by atoms with E-state index in [4.69, 9.17) is 5.11 Å². The Morgan fingerprint density at radius 1 is 1.24 bits per heavy atom. The second-order valence-corrected chi connectivity index (χ2v) is 3.53. The van der Waals surface area contributed by atoms with Crippen LogP contribution < -0.4 is 5.43 Å². The Hall–Kier alpha value is -2.43. The van der Waals surface area contributed by atoms with E-state index < -0.39 is 5.97 Å². The van der Waals surface area contributed by atoms with E-state index in [1.807, 2.05) is 0 Å². The van der Waals surface area contributed by atoms with E-state index >= 15 is 0 Å². The van der Waals surface area contributed by atoms with Crippen LogP contribution in [0, 0.1) is 0 Å². The van der Waals surface area contributed by atoms with E-state index in [2.05, 4.69) is 4.98 Å². The summed E-state index contributed by atoms with van der Waals surface area (Å²) in [7, 11) is 0. The molecule has 5 heteroatoms. The first kappa shape index (κ1) is 11.1. The minimum Gasteiger partial charge on any atom is -0.477 e. The predicted molar refractivity (Wildman–Crippen MR) is 61.0 cm³/mol. The van der Waals surface area contributed by atoms with E-state index in [-0.39, 0.29) is 11.1 Å². The molecule has 0 saturated heterocycles. The normalized spacial score (nSPS) is 10.1. The van der Waals surface area contributed by atoms with Crippen molar-refractivity contribution in [2.45, 2.75) is 6.54 Å². The molecule has 2 aromatic rings. The van der Waals surface area contributed by atoms with Crippen LogP contribution in [-0.4, -0.2) is 20.6 Å². The quantitative estimate of drug-likeness (QED) is 0.853. The van der Waals surface area contributed by atoms with Crippen LogP contribution in [0.1, 0.15) is 16.2 Å². The summed E-state index contributed by atoms with van der Waals surface area (Å²) in [6.07, 6.45) is 3.27. The fourth-order valence-corrected chi connectivity index (χ4v) is 1.42. The lowest BCUT2D eigenvalue weighted by atomic mass is 10.3. The van der Waals surface area contributed by atoms with Gasteiger partial charge < -0.3 is 9.67 Å². The molecule has 5 nitrogen and oxygen atoms in total. The zero-order valence-corrected chi connectivity index (χ0v) is 8.91. The Morgan fingerprint density at radius 2 is 1.94 bits per heavy atom. The molecule has 0 saturated carbocycles. The monoisotopic (exact) mass is 230 g/mol. The molecule has 2 rings (SSSR count). The Kier molecular flexibility index (Phi) is 3.00. The first-order valence-electron chi connectivity index (χ1n) is 5.00. The fraction of sp³-hybridized carbons (Fsp3) is 0.0833. The third-order valence-electron chi connectivity index (χ3n) is 2.23. The minimum atomic E-state index is -1.05. The van der Waals surface area contributed by atoms with Crippen LogP contribution in [0.5, 0.6) is 0 Å². The van der Waals surface area contributed by atoms with Gasteiger partial charge in [0.15, 0.2) is 5.43 Å². The summed E-state index contributed by atoms with van der Waals surface area (Å²) >= 11 is 0. The molecule has 2 heterocycles. The lowest BCUT2D eigenvalue weighted by molar-refractivity contribution is 0.0690.